The molecular formula is C15H18FN7O2S. The molecule has 0 aromatic carbocycles. The molecule has 4 heterocycles. The second kappa shape index (κ2) is 6.32. The molecule has 1 aliphatic heterocycles. The van der Waals surface area contributed by atoms with E-state index >= 15 is 0 Å². The normalized spacial score (nSPS) is 17.0. The minimum absolute atomic E-state index is 0.0728. The van der Waals surface area contributed by atoms with Crippen LogP contribution in [0.5, 0.6) is 0 Å². The topological polar surface area (TPSA) is 108 Å². The summed E-state index contributed by atoms with van der Waals surface area (Å²) in [6, 6.07) is 1.69. The lowest BCUT2D eigenvalue weighted by atomic mass is 10.1. The molecule has 3 aromatic rings. The number of piperidine rings is 1. The molecule has 0 radical (unpaired) electrons. The largest absolute Gasteiger partial charge is 0.350 e. The van der Waals surface area contributed by atoms with Crippen LogP contribution in [0.3, 0.4) is 0 Å². The highest BCUT2D eigenvalue weighted by Gasteiger charge is 2.25. The number of fused-ring (bicyclic) bond motifs is 1. The third-order valence-corrected chi connectivity index (χ3v) is 5.79. The Morgan fingerprint density at radius 3 is 2.77 bits per heavy atom. The van der Waals surface area contributed by atoms with E-state index in [2.05, 4.69) is 25.6 Å². The molecule has 1 saturated heterocycles. The maximum absolute atomic E-state index is 14.3. The standard InChI is InChI=1S/C15H18FN7O2S/c1-26(24,25)22-4-2-11(3-5-22)19-15-20-14-6-12(10-7-17-18-8-10)13(16)9-23(14)21-15/h6-9,11H,2-5H2,1H3,(H,17,18)(H,19,21). The first-order valence-corrected chi connectivity index (χ1v) is 10.0. The Bertz CT molecular complexity index is 1020. The highest BCUT2D eigenvalue weighted by molar-refractivity contribution is 7.88. The Hall–Kier alpha value is -2.53. The summed E-state index contributed by atoms with van der Waals surface area (Å²) < 4.78 is 40.3. The zero-order valence-corrected chi connectivity index (χ0v) is 14.9. The number of sulfonamides is 1. The average Bonchev–Trinajstić information content (AvgIpc) is 3.22. The summed E-state index contributed by atoms with van der Waals surface area (Å²) in [6.07, 6.45) is 6.98. The van der Waals surface area contributed by atoms with E-state index in [1.165, 1.54) is 21.3 Å². The van der Waals surface area contributed by atoms with Gasteiger partial charge in [-0.25, -0.2) is 21.6 Å². The molecule has 1 fully saturated rings. The lowest BCUT2D eigenvalue weighted by Gasteiger charge is -2.30. The van der Waals surface area contributed by atoms with E-state index in [-0.39, 0.29) is 6.04 Å². The second-order valence-corrected chi connectivity index (χ2v) is 8.32. The zero-order chi connectivity index (χ0) is 18.3. The Kier molecular flexibility index (Phi) is 4.11. The van der Waals surface area contributed by atoms with E-state index < -0.39 is 15.8 Å². The number of rotatable bonds is 4. The van der Waals surface area contributed by atoms with E-state index in [9.17, 15) is 12.8 Å². The van der Waals surface area contributed by atoms with Crippen LogP contribution in [0.25, 0.3) is 16.8 Å². The van der Waals surface area contributed by atoms with Gasteiger partial charge in [0.05, 0.1) is 18.6 Å². The summed E-state index contributed by atoms with van der Waals surface area (Å²) in [5, 5.41) is 14.0. The Morgan fingerprint density at radius 1 is 1.35 bits per heavy atom. The smallest absolute Gasteiger partial charge is 0.243 e. The quantitative estimate of drug-likeness (QED) is 0.703. The summed E-state index contributed by atoms with van der Waals surface area (Å²) >= 11 is 0. The predicted octanol–water partition coefficient (Wildman–Crippen LogP) is 1.09. The van der Waals surface area contributed by atoms with Crippen molar-refractivity contribution in [3.05, 3.63) is 30.5 Å². The summed E-state index contributed by atoms with van der Waals surface area (Å²) in [4.78, 5) is 4.40. The summed E-state index contributed by atoms with van der Waals surface area (Å²) in [7, 11) is -3.15. The summed E-state index contributed by atoms with van der Waals surface area (Å²) in [6.45, 7) is 0.923. The number of H-pyrrole nitrogens is 1. The van der Waals surface area contributed by atoms with Gasteiger partial charge in [0, 0.05) is 36.5 Å². The van der Waals surface area contributed by atoms with Crippen molar-refractivity contribution in [3.8, 4) is 11.1 Å². The molecule has 4 rings (SSSR count). The maximum Gasteiger partial charge on any atom is 0.243 e. The van der Waals surface area contributed by atoms with Crippen molar-refractivity contribution in [1.29, 1.82) is 0 Å². The van der Waals surface area contributed by atoms with Crippen molar-refractivity contribution < 1.29 is 12.8 Å². The van der Waals surface area contributed by atoms with Crippen LogP contribution in [0.4, 0.5) is 10.3 Å². The first kappa shape index (κ1) is 16.9. The first-order chi connectivity index (χ1) is 12.4. The highest BCUT2D eigenvalue weighted by atomic mass is 32.2. The molecular weight excluding hydrogens is 361 g/mol. The van der Waals surface area contributed by atoms with Crippen molar-refractivity contribution in [2.24, 2.45) is 0 Å². The number of nitrogens with zero attached hydrogens (tertiary/aromatic N) is 5. The molecule has 0 aliphatic carbocycles. The number of halogens is 1. The third-order valence-electron chi connectivity index (χ3n) is 4.49. The number of aromatic amines is 1. The van der Waals surface area contributed by atoms with Crippen LogP contribution in [-0.2, 0) is 10.0 Å². The monoisotopic (exact) mass is 379 g/mol. The van der Waals surface area contributed by atoms with Crippen LogP contribution in [0, 0.1) is 5.82 Å². The molecule has 1 aliphatic rings. The fraction of sp³-hybridized carbons (Fsp3) is 0.400. The molecule has 138 valence electrons. The molecule has 0 unspecified atom stereocenters. The van der Waals surface area contributed by atoms with E-state index in [0.29, 0.717) is 48.7 Å². The lowest BCUT2D eigenvalue weighted by Crippen LogP contribution is -2.41. The molecule has 0 amide bonds. The van der Waals surface area contributed by atoms with Crippen molar-refractivity contribution in [1.82, 2.24) is 29.1 Å². The fourth-order valence-corrected chi connectivity index (χ4v) is 3.97. The SMILES string of the molecule is CS(=O)(=O)N1CCC(Nc2nc3cc(-c4cn[nH]c4)c(F)cn3n2)CC1. The molecule has 2 N–H and O–H groups in total. The molecule has 26 heavy (non-hydrogen) atoms. The van der Waals surface area contributed by atoms with Gasteiger partial charge in [-0.3, -0.25) is 5.10 Å². The van der Waals surface area contributed by atoms with Gasteiger partial charge in [-0.2, -0.15) is 10.1 Å². The van der Waals surface area contributed by atoms with E-state index in [0.717, 1.165) is 0 Å². The minimum atomic E-state index is -3.15. The molecule has 0 atom stereocenters. The van der Waals surface area contributed by atoms with Crippen LogP contribution in [0.15, 0.2) is 24.7 Å². The molecule has 9 nitrogen and oxygen atoms in total. The van der Waals surface area contributed by atoms with E-state index in [1.807, 2.05) is 0 Å². The molecule has 3 aromatic heterocycles. The highest BCUT2D eigenvalue weighted by Crippen LogP contribution is 2.24. The summed E-state index contributed by atoms with van der Waals surface area (Å²) in [5.74, 6) is -0.0247. The second-order valence-electron chi connectivity index (χ2n) is 6.34. The van der Waals surface area contributed by atoms with Crippen LogP contribution >= 0.6 is 0 Å². The molecule has 0 spiro atoms. The van der Waals surface area contributed by atoms with Crippen molar-refractivity contribution in [3.63, 3.8) is 0 Å². The van der Waals surface area contributed by atoms with Crippen LogP contribution in [-0.4, -0.2) is 62.9 Å². The molecule has 11 heteroatoms. The van der Waals surface area contributed by atoms with Crippen molar-refractivity contribution >= 4 is 21.6 Å². The van der Waals surface area contributed by atoms with Gasteiger partial charge >= 0.3 is 0 Å². The van der Waals surface area contributed by atoms with Gasteiger partial charge in [0.1, 0.15) is 5.82 Å². The molecule has 0 saturated carbocycles. The number of anilines is 1. The van der Waals surface area contributed by atoms with Gasteiger partial charge in [0.15, 0.2) is 5.65 Å². The van der Waals surface area contributed by atoms with Crippen molar-refractivity contribution in [2.45, 2.75) is 18.9 Å². The van der Waals surface area contributed by atoms with Gasteiger partial charge in [0.2, 0.25) is 16.0 Å². The van der Waals surface area contributed by atoms with Gasteiger partial charge in [-0.05, 0) is 18.9 Å². The minimum Gasteiger partial charge on any atom is -0.350 e. The van der Waals surface area contributed by atoms with E-state index in [1.54, 1.807) is 18.5 Å². The number of nitrogens with one attached hydrogen (secondary N) is 2. The lowest BCUT2D eigenvalue weighted by molar-refractivity contribution is 0.331. The predicted molar refractivity (Wildman–Crippen MR) is 93.6 cm³/mol. The first-order valence-electron chi connectivity index (χ1n) is 8.17. The average molecular weight is 379 g/mol. The van der Waals surface area contributed by atoms with Crippen LogP contribution in [0.1, 0.15) is 12.8 Å². The van der Waals surface area contributed by atoms with Gasteiger partial charge in [-0.15, -0.1) is 5.10 Å². The van der Waals surface area contributed by atoms with Gasteiger partial charge in [-0.1, -0.05) is 0 Å². The number of hydrogen-bond donors (Lipinski definition) is 2. The Labute approximate surface area is 149 Å². The number of hydrogen-bond acceptors (Lipinski definition) is 6. The summed E-state index contributed by atoms with van der Waals surface area (Å²) in [5.41, 5.74) is 1.54. The Morgan fingerprint density at radius 2 is 2.12 bits per heavy atom. The fourth-order valence-electron chi connectivity index (χ4n) is 3.10. The van der Waals surface area contributed by atoms with Crippen LogP contribution < -0.4 is 5.32 Å². The number of aromatic nitrogens is 5. The third kappa shape index (κ3) is 3.27. The number of pyridine rings is 1. The van der Waals surface area contributed by atoms with Gasteiger partial charge < -0.3 is 5.32 Å². The Balaban J connectivity index is 1.52. The maximum atomic E-state index is 14.3. The zero-order valence-electron chi connectivity index (χ0n) is 14.1. The van der Waals surface area contributed by atoms with Gasteiger partial charge in [0.25, 0.3) is 0 Å². The molecule has 0 bridgehead atoms. The van der Waals surface area contributed by atoms with E-state index in [4.69, 9.17) is 0 Å². The van der Waals surface area contributed by atoms with Crippen LogP contribution in [0.2, 0.25) is 0 Å². The van der Waals surface area contributed by atoms with Crippen molar-refractivity contribution in [2.75, 3.05) is 24.7 Å².